The molecule has 2 aliphatic rings. The molecule has 0 saturated heterocycles. The summed E-state index contributed by atoms with van der Waals surface area (Å²) in [6, 6.07) is 15.6. The Labute approximate surface area is 147 Å². The summed E-state index contributed by atoms with van der Waals surface area (Å²) in [5.74, 6) is -0.799. The lowest BCUT2D eigenvalue weighted by Gasteiger charge is -2.30. The van der Waals surface area contributed by atoms with Crippen LogP contribution in [0.25, 0.3) is 0 Å². The molecule has 4 rings (SSSR count). The summed E-state index contributed by atoms with van der Waals surface area (Å²) >= 11 is 0. The van der Waals surface area contributed by atoms with E-state index >= 15 is 0 Å². The van der Waals surface area contributed by atoms with Crippen molar-refractivity contribution < 1.29 is 14.7 Å². The van der Waals surface area contributed by atoms with Gasteiger partial charge >= 0.3 is 5.97 Å². The van der Waals surface area contributed by atoms with Crippen LogP contribution >= 0.6 is 0 Å². The van der Waals surface area contributed by atoms with Crippen LogP contribution in [-0.4, -0.2) is 27.9 Å². The average Bonchev–Trinajstić information content (AvgIpc) is 3.35. The molecule has 4 heteroatoms. The number of rotatable bonds is 5. The Kier molecular flexibility index (Phi) is 4.04. The van der Waals surface area contributed by atoms with Crippen LogP contribution < -0.4 is 0 Å². The van der Waals surface area contributed by atoms with Crippen LogP contribution in [0.5, 0.6) is 0 Å². The zero-order valence-corrected chi connectivity index (χ0v) is 14.0. The standard InChI is InChI=1S/C21H21NO3/c23-20(13-14-5-7-16(8-6-14)21(24)25)22(17-10-11-17)19-12-9-15-3-1-2-4-18(15)19/h1-8,17,19H,9-13H2,(H,24,25). The average molecular weight is 335 g/mol. The van der Waals surface area contributed by atoms with Crippen LogP contribution in [0.1, 0.15) is 52.4 Å². The highest BCUT2D eigenvalue weighted by Gasteiger charge is 2.40. The number of aromatic carboxylic acids is 1. The lowest BCUT2D eigenvalue weighted by Crippen LogP contribution is -2.37. The maximum Gasteiger partial charge on any atom is 0.335 e. The van der Waals surface area contributed by atoms with E-state index in [2.05, 4.69) is 29.2 Å². The van der Waals surface area contributed by atoms with E-state index in [9.17, 15) is 9.59 Å². The molecular weight excluding hydrogens is 314 g/mol. The maximum absolute atomic E-state index is 13.0. The molecule has 1 amide bonds. The van der Waals surface area contributed by atoms with Gasteiger partial charge in [0, 0.05) is 6.04 Å². The lowest BCUT2D eigenvalue weighted by atomic mass is 10.0. The second kappa shape index (κ2) is 6.36. The first-order chi connectivity index (χ1) is 12.1. The molecular formula is C21H21NO3. The van der Waals surface area contributed by atoms with Gasteiger partial charge in [-0.2, -0.15) is 0 Å². The summed E-state index contributed by atoms with van der Waals surface area (Å²) in [6.07, 6.45) is 4.53. The van der Waals surface area contributed by atoms with E-state index in [1.165, 1.54) is 11.1 Å². The van der Waals surface area contributed by atoms with Gasteiger partial charge in [-0.1, -0.05) is 36.4 Å². The fourth-order valence-corrected chi connectivity index (χ4v) is 3.84. The molecule has 128 valence electrons. The van der Waals surface area contributed by atoms with Crippen LogP contribution in [0.4, 0.5) is 0 Å². The number of hydrogen-bond donors (Lipinski definition) is 1. The second-order valence-corrected chi connectivity index (χ2v) is 6.96. The molecule has 0 aliphatic heterocycles. The molecule has 2 aromatic rings. The summed E-state index contributed by atoms with van der Waals surface area (Å²) < 4.78 is 0. The number of benzene rings is 2. The fraction of sp³-hybridized carbons (Fsp3) is 0.333. The normalized spacial score (nSPS) is 18.6. The van der Waals surface area contributed by atoms with Crippen LogP contribution in [0, 0.1) is 0 Å². The predicted molar refractivity (Wildman–Crippen MR) is 94.5 cm³/mol. The highest BCUT2D eigenvalue weighted by atomic mass is 16.4. The number of hydrogen-bond acceptors (Lipinski definition) is 2. The molecule has 0 aromatic heterocycles. The van der Waals surface area contributed by atoms with Crippen molar-refractivity contribution in [3.8, 4) is 0 Å². The van der Waals surface area contributed by atoms with E-state index in [-0.39, 0.29) is 17.5 Å². The number of carboxylic acids is 1. The molecule has 1 fully saturated rings. The molecule has 0 radical (unpaired) electrons. The first-order valence-electron chi connectivity index (χ1n) is 8.84. The minimum absolute atomic E-state index is 0.146. The van der Waals surface area contributed by atoms with Crippen molar-refractivity contribution in [2.75, 3.05) is 0 Å². The molecule has 1 N–H and O–H groups in total. The highest BCUT2D eigenvalue weighted by molar-refractivity contribution is 5.88. The molecule has 0 spiro atoms. The van der Waals surface area contributed by atoms with Gasteiger partial charge in [0.2, 0.25) is 5.91 Å². The Balaban J connectivity index is 1.53. The summed E-state index contributed by atoms with van der Waals surface area (Å²) in [5, 5.41) is 8.99. The number of carboxylic acid groups (broad SMARTS) is 1. The van der Waals surface area contributed by atoms with E-state index < -0.39 is 5.97 Å². The van der Waals surface area contributed by atoms with Crippen LogP contribution in [0.2, 0.25) is 0 Å². The first-order valence-corrected chi connectivity index (χ1v) is 8.84. The van der Waals surface area contributed by atoms with E-state index in [1.807, 2.05) is 0 Å². The Morgan fingerprint density at radius 1 is 1.00 bits per heavy atom. The minimum atomic E-state index is -0.944. The van der Waals surface area contributed by atoms with Crippen LogP contribution in [0.3, 0.4) is 0 Å². The molecule has 1 atom stereocenters. The minimum Gasteiger partial charge on any atom is -0.478 e. The van der Waals surface area contributed by atoms with Crippen LogP contribution in [0.15, 0.2) is 48.5 Å². The topological polar surface area (TPSA) is 57.6 Å². The number of aryl methyl sites for hydroxylation is 1. The second-order valence-electron chi connectivity index (χ2n) is 6.96. The Bertz CT molecular complexity index is 808. The van der Waals surface area contributed by atoms with E-state index in [1.54, 1.807) is 24.3 Å². The van der Waals surface area contributed by atoms with Gasteiger partial charge in [-0.3, -0.25) is 4.79 Å². The Hall–Kier alpha value is -2.62. The van der Waals surface area contributed by atoms with Gasteiger partial charge in [-0.25, -0.2) is 4.79 Å². The molecule has 0 heterocycles. The molecule has 0 bridgehead atoms. The smallest absolute Gasteiger partial charge is 0.335 e. The van der Waals surface area contributed by atoms with Crippen molar-refractivity contribution >= 4 is 11.9 Å². The van der Waals surface area contributed by atoms with Gasteiger partial charge in [0.15, 0.2) is 0 Å². The van der Waals surface area contributed by atoms with Gasteiger partial charge in [0.05, 0.1) is 18.0 Å². The number of carbonyl (C=O) groups excluding carboxylic acids is 1. The van der Waals surface area contributed by atoms with E-state index in [0.717, 1.165) is 31.2 Å². The molecule has 4 nitrogen and oxygen atoms in total. The lowest BCUT2D eigenvalue weighted by molar-refractivity contribution is -0.133. The zero-order valence-electron chi connectivity index (χ0n) is 14.0. The fourth-order valence-electron chi connectivity index (χ4n) is 3.84. The Morgan fingerprint density at radius 3 is 2.40 bits per heavy atom. The zero-order chi connectivity index (χ0) is 17.4. The predicted octanol–water partition coefficient (Wildman–Crippen LogP) is 3.61. The third-order valence-corrected chi connectivity index (χ3v) is 5.22. The van der Waals surface area contributed by atoms with Crippen LogP contribution in [-0.2, 0) is 17.6 Å². The summed E-state index contributed by atoms with van der Waals surface area (Å²) in [4.78, 5) is 26.1. The van der Waals surface area contributed by atoms with Crippen molar-refractivity contribution in [3.63, 3.8) is 0 Å². The maximum atomic E-state index is 13.0. The number of carbonyl (C=O) groups is 2. The van der Waals surface area contributed by atoms with Crippen molar-refractivity contribution in [2.24, 2.45) is 0 Å². The summed E-state index contributed by atoms with van der Waals surface area (Å²) in [5.41, 5.74) is 3.77. The highest BCUT2D eigenvalue weighted by Crippen LogP contribution is 2.42. The molecule has 2 aromatic carbocycles. The number of nitrogens with zero attached hydrogens (tertiary/aromatic N) is 1. The molecule has 2 aliphatic carbocycles. The summed E-state index contributed by atoms with van der Waals surface area (Å²) in [7, 11) is 0. The monoisotopic (exact) mass is 335 g/mol. The third-order valence-electron chi connectivity index (χ3n) is 5.22. The van der Waals surface area contributed by atoms with Crippen molar-refractivity contribution in [3.05, 3.63) is 70.8 Å². The molecule has 1 unspecified atom stereocenters. The number of amides is 1. The van der Waals surface area contributed by atoms with Gasteiger partial charge in [0.25, 0.3) is 0 Å². The van der Waals surface area contributed by atoms with Crippen molar-refractivity contribution in [1.82, 2.24) is 4.90 Å². The van der Waals surface area contributed by atoms with Crippen molar-refractivity contribution in [2.45, 2.75) is 44.2 Å². The Morgan fingerprint density at radius 2 is 1.72 bits per heavy atom. The van der Waals surface area contributed by atoms with E-state index in [4.69, 9.17) is 5.11 Å². The third kappa shape index (κ3) is 3.16. The largest absolute Gasteiger partial charge is 0.478 e. The van der Waals surface area contributed by atoms with E-state index in [0.29, 0.717) is 12.5 Å². The summed E-state index contributed by atoms with van der Waals surface area (Å²) in [6.45, 7) is 0. The van der Waals surface area contributed by atoms with Gasteiger partial charge in [-0.05, 0) is 54.5 Å². The quantitative estimate of drug-likeness (QED) is 0.908. The van der Waals surface area contributed by atoms with Gasteiger partial charge in [0.1, 0.15) is 0 Å². The first kappa shape index (κ1) is 15.9. The number of fused-ring (bicyclic) bond motifs is 1. The van der Waals surface area contributed by atoms with Gasteiger partial charge in [-0.15, -0.1) is 0 Å². The van der Waals surface area contributed by atoms with Crippen molar-refractivity contribution in [1.29, 1.82) is 0 Å². The SMILES string of the molecule is O=C(O)c1ccc(CC(=O)N(C2CC2)C2CCc3ccccc32)cc1. The van der Waals surface area contributed by atoms with Gasteiger partial charge < -0.3 is 10.0 Å². The molecule has 25 heavy (non-hydrogen) atoms. The molecule has 1 saturated carbocycles.